The molecule has 3 aromatic carbocycles. The Kier molecular flexibility index (Phi) is 4.50. The summed E-state index contributed by atoms with van der Waals surface area (Å²) in [6, 6.07) is 24.4. The van der Waals surface area contributed by atoms with Crippen molar-refractivity contribution >= 4 is 23.4 Å². The third-order valence-corrected chi connectivity index (χ3v) is 6.37. The average molecular weight is 443 g/mol. The number of hydrogen-bond acceptors (Lipinski definition) is 5. The summed E-state index contributed by atoms with van der Waals surface area (Å²) >= 11 is 1.49. The van der Waals surface area contributed by atoms with E-state index in [0.717, 1.165) is 33.7 Å². The molecule has 32 heavy (non-hydrogen) atoms. The van der Waals surface area contributed by atoms with Crippen molar-refractivity contribution in [1.29, 1.82) is 0 Å². The van der Waals surface area contributed by atoms with E-state index in [1.165, 1.54) is 23.9 Å². The summed E-state index contributed by atoms with van der Waals surface area (Å²) in [5.74, 6) is 1.19. The van der Waals surface area contributed by atoms with Crippen LogP contribution in [0.1, 0.15) is 28.8 Å². The highest BCUT2D eigenvalue weighted by molar-refractivity contribution is 7.98. The average Bonchev–Trinajstić information content (AvgIpc) is 3.26. The van der Waals surface area contributed by atoms with E-state index in [4.69, 9.17) is 9.84 Å². The normalized spacial score (nSPS) is 18.8. The van der Waals surface area contributed by atoms with E-state index in [0.29, 0.717) is 11.1 Å². The summed E-state index contributed by atoms with van der Waals surface area (Å²) < 4.78 is 22.2. The van der Waals surface area contributed by atoms with E-state index in [2.05, 4.69) is 22.4 Å². The van der Waals surface area contributed by atoms with Crippen molar-refractivity contribution in [1.82, 2.24) is 14.8 Å². The number of aromatic nitrogens is 3. The summed E-state index contributed by atoms with van der Waals surface area (Å²) in [6.45, 7) is 0. The van der Waals surface area contributed by atoms with Crippen molar-refractivity contribution in [2.45, 2.75) is 17.3 Å². The first-order valence-corrected chi connectivity index (χ1v) is 11.5. The van der Waals surface area contributed by atoms with Crippen LogP contribution in [-0.4, -0.2) is 21.0 Å². The molecule has 3 heterocycles. The zero-order chi connectivity index (χ0) is 21.7. The molecular formula is C25H19FN4OS. The molecule has 158 valence electrons. The molecule has 0 aliphatic carbocycles. The van der Waals surface area contributed by atoms with Gasteiger partial charge in [-0.15, -0.1) is 5.10 Å². The Balaban J connectivity index is 1.63. The van der Waals surface area contributed by atoms with Gasteiger partial charge in [0.05, 0.1) is 5.70 Å². The molecule has 2 atom stereocenters. The number of rotatable bonds is 3. The third kappa shape index (κ3) is 3.00. The summed E-state index contributed by atoms with van der Waals surface area (Å²) in [7, 11) is 0. The fourth-order valence-corrected chi connectivity index (χ4v) is 4.76. The molecule has 0 saturated carbocycles. The van der Waals surface area contributed by atoms with Crippen molar-refractivity contribution in [3.05, 3.63) is 107 Å². The summed E-state index contributed by atoms with van der Waals surface area (Å²) in [6.07, 6.45) is 1.62. The SMILES string of the molecule is CSc1nc2n(n1)[C@@H](c1ccc(F)cc1)C1=C(N2)c2ccccc2O[C@H]1c1ccccc1. The lowest BCUT2D eigenvalue weighted by Gasteiger charge is -2.38. The van der Waals surface area contributed by atoms with Gasteiger partial charge in [0.25, 0.3) is 0 Å². The highest BCUT2D eigenvalue weighted by Crippen LogP contribution is 2.50. The first-order chi connectivity index (χ1) is 15.7. The van der Waals surface area contributed by atoms with Crippen molar-refractivity contribution in [2.75, 3.05) is 11.6 Å². The van der Waals surface area contributed by atoms with Gasteiger partial charge in [-0.1, -0.05) is 66.4 Å². The number of ether oxygens (including phenoxy) is 1. The number of fused-ring (bicyclic) bond motifs is 3. The second-order valence-corrected chi connectivity index (χ2v) is 8.45. The van der Waals surface area contributed by atoms with E-state index in [1.807, 2.05) is 65.5 Å². The Bertz CT molecular complexity index is 1330. The maximum absolute atomic E-state index is 13.8. The van der Waals surface area contributed by atoms with E-state index < -0.39 is 0 Å². The van der Waals surface area contributed by atoms with Crippen molar-refractivity contribution in [3.63, 3.8) is 0 Å². The second-order valence-electron chi connectivity index (χ2n) is 7.68. The highest BCUT2D eigenvalue weighted by Gasteiger charge is 2.41. The van der Waals surface area contributed by atoms with Crippen molar-refractivity contribution in [3.8, 4) is 5.75 Å². The predicted octanol–water partition coefficient (Wildman–Crippen LogP) is 5.70. The Morgan fingerprint density at radius 2 is 1.69 bits per heavy atom. The molecule has 0 spiro atoms. The molecule has 4 aromatic rings. The van der Waals surface area contributed by atoms with Crippen molar-refractivity contribution < 1.29 is 9.13 Å². The molecule has 0 bridgehead atoms. The van der Waals surface area contributed by atoms with Gasteiger partial charge >= 0.3 is 0 Å². The van der Waals surface area contributed by atoms with Crippen molar-refractivity contribution in [2.24, 2.45) is 0 Å². The molecule has 0 amide bonds. The smallest absolute Gasteiger partial charge is 0.227 e. The van der Waals surface area contributed by atoms with Crippen LogP contribution in [0.15, 0.2) is 89.6 Å². The number of nitrogens with one attached hydrogen (secondary N) is 1. The van der Waals surface area contributed by atoms with E-state index in [-0.39, 0.29) is 18.0 Å². The van der Waals surface area contributed by atoms with Gasteiger partial charge in [-0.2, -0.15) is 4.98 Å². The number of para-hydroxylation sites is 1. The molecular weight excluding hydrogens is 423 g/mol. The molecule has 1 N–H and O–H groups in total. The lowest BCUT2D eigenvalue weighted by atomic mass is 9.84. The quantitative estimate of drug-likeness (QED) is 0.413. The molecule has 2 aliphatic heterocycles. The number of nitrogens with zero attached hydrogens (tertiary/aromatic N) is 3. The lowest BCUT2D eigenvalue weighted by Crippen LogP contribution is -2.32. The lowest BCUT2D eigenvalue weighted by molar-refractivity contribution is 0.223. The number of thioether (sulfide) groups is 1. The Hall–Kier alpha value is -3.58. The summed E-state index contributed by atoms with van der Waals surface area (Å²) in [5.41, 5.74) is 4.91. The van der Waals surface area contributed by atoms with Crippen LogP contribution < -0.4 is 10.1 Å². The van der Waals surface area contributed by atoms with Gasteiger partial charge in [0.1, 0.15) is 23.7 Å². The van der Waals surface area contributed by atoms with E-state index in [9.17, 15) is 4.39 Å². The highest BCUT2D eigenvalue weighted by atomic mass is 32.2. The fourth-order valence-electron chi connectivity index (χ4n) is 4.41. The molecule has 0 saturated heterocycles. The zero-order valence-corrected chi connectivity index (χ0v) is 18.0. The van der Waals surface area contributed by atoms with Crippen LogP contribution in [0, 0.1) is 5.82 Å². The first-order valence-electron chi connectivity index (χ1n) is 10.3. The Morgan fingerprint density at radius 3 is 2.47 bits per heavy atom. The minimum absolute atomic E-state index is 0.273. The second kappa shape index (κ2) is 7.53. The maximum atomic E-state index is 13.8. The molecule has 0 unspecified atom stereocenters. The van der Waals surface area contributed by atoms with Crippen LogP contribution in [0.3, 0.4) is 0 Å². The summed E-state index contributed by atoms with van der Waals surface area (Å²) in [4.78, 5) is 4.68. The standard InChI is InChI=1S/C25H19FN4OS/c1-32-25-28-24-27-21-18-9-5-6-10-19(18)31-23(16-7-3-2-4-8-16)20(21)22(30(24)29-25)15-11-13-17(26)14-12-15/h2-14,22-23H,1H3,(H,27,28,29)/t22-,23-/m0/s1. The minimum Gasteiger partial charge on any atom is -0.480 e. The molecule has 0 radical (unpaired) electrons. The van der Waals surface area contributed by atoms with E-state index >= 15 is 0 Å². The minimum atomic E-state index is -0.335. The predicted molar refractivity (Wildman–Crippen MR) is 123 cm³/mol. The molecule has 7 heteroatoms. The Morgan fingerprint density at radius 1 is 0.938 bits per heavy atom. The van der Waals surface area contributed by atoms with Gasteiger partial charge in [0.2, 0.25) is 11.1 Å². The number of halogens is 1. The van der Waals surface area contributed by atoms with Gasteiger partial charge in [0, 0.05) is 11.1 Å². The zero-order valence-electron chi connectivity index (χ0n) is 17.2. The number of hydrogen-bond donors (Lipinski definition) is 1. The molecule has 6 rings (SSSR count). The van der Waals surface area contributed by atoms with Crippen LogP contribution >= 0.6 is 11.8 Å². The van der Waals surface area contributed by atoms with Crippen LogP contribution in [0.25, 0.3) is 5.70 Å². The van der Waals surface area contributed by atoms with Gasteiger partial charge < -0.3 is 10.1 Å². The largest absolute Gasteiger partial charge is 0.480 e. The first kappa shape index (κ1) is 19.1. The van der Waals surface area contributed by atoms with Crippen LogP contribution in [0.2, 0.25) is 0 Å². The molecule has 5 nitrogen and oxygen atoms in total. The molecule has 2 aliphatic rings. The monoisotopic (exact) mass is 442 g/mol. The van der Waals surface area contributed by atoms with Crippen LogP contribution in [0.4, 0.5) is 10.3 Å². The molecule has 1 aromatic heterocycles. The number of benzene rings is 3. The van der Waals surface area contributed by atoms with Crippen LogP contribution in [-0.2, 0) is 0 Å². The maximum Gasteiger partial charge on any atom is 0.227 e. The number of anilines is 1. The third-order valence-electron chi connectivity index (χ3n) is 5.83. The topological polar surface area (TPSA) is 52.0 Å². The Labute approximate surface area is 189 Å². The van der Waals surface area contributed by atoms with Gasteiger partial charge in [0.15, 0.2) is 0 Å². The van der Waals surface area contributed by atoms with Gasteiger partial charge in [-0.05, 0) is 41.6 Å². The summed E-state index contributed by atoms with van der Waals surface area (Å²) in [5, 5.41) is 8.94. The fraction of sp³-hybridized carbons (Fsp3) is 0.120. The molecule has 0 fully saturated rings. The van der Waals surface area contributed by atoms with Crippen LogP contribution in [0.5, 0.6) is 5.75 Å². The van der Waals surface area contributed by atoms with Gasteiger partial charge in [-0.25, -0.2) is 9.07 Å². The van der Waals surface area contributed by atoms with E-state index in [1.54, 1.807) is 0 Å². The van der Waals surface area contributed by atoms with Gasteiger partial charge in [-0.3, -0.25) is 0 Å².